The molecule has 0 aromatic carbocycles. The first kappa shape index (κ1) is 11.4. The van der Waals surface area contributed by atoms with E-state index in [2.05, 4.69) is 41.0 Å². The third-order valence-electron chi connectivity index (χ3n) is 2.68. The van der Waals surface area contributed by atoms with Crippen LogP contribution in [0.4, 0.5) is 0 Å². The predicted octanol–water partition coefficient (Wildman–Crippen LogP) is 2.64. The number of nitrogens with one attached hydrogen (secondary N) is 1. The van der Waals surface area contributed by atoms with E-state index >= 15 is 0 Å². The second-order valence-electron chi connectivity index (χ2n) is 4.03. The van der Waals surface area contributed by atoms with Crippen molar-refractivity contribution in [3.05, 3.63) is 39.8 Å². The van der Waals surface area contributed by atoms with Crippen molar-refractivity contribution in [3.63, 3.8) is 0 Å². The maximum absolute atomic E-state index is 4.33. The second kappa shape index (κ2) is 4.80. The smallest absolute Gasteiger partial charge is 0.0638 e. The number of thiophene rings is 1. The minimum absolute atomic E-state index is 0.402. The average Bonchev–Trinajstić information content (AvgIpc) is 2.84. The molecule has 2 heterocycles. The van der Waals surface area contributed by atoms with E-state index in [4.69, 9.17) is 0 Å². The van der Waals surface area contributed by atoms with Crippen molar-refractivity contribution in [2.75, 3.05) is 0 Å². The maximum Gasteiger partial charge on any atom is 0.0638 e. The molecule has 86 valence electrons. The molecule has 3 nitrogen and oxygen atoms in total. The number of aromatic nitrogens is 2. The molecule has 0 saturated heterocycles. The fourth-order valence-electron chi connectivity index (χ4n) is 1.72. The molecule has 4 heteroatoms. The summed E-state index contributed by atoms with van der Waals surface area (Å²) in [6.45, 7) is 5.11. The summed E-state index contributed by atoms with van der Waals surface area (Å²) in [5.41, 5.74) is 2.37. The van der Waals surface area contributed by atoms with Crippen LogP contribution in [0.1, 0.15) is 29.1 Å². The van der Waals surface area contributed by atoms with E-state index in [0.29, 0.717) is 6.04 Å². The fraction of sp³-hybridized carbons (Fsp3) is 0.417. The SMILES string of the molecule is Cc1nn(C)cc1CN[C@H](C)c1cccs1. The summed E-state index contributed by atoms with van der Waals surface area (Å²) in [5, 5.41) is 9.96. The summed E-state index contributed by atoms with van der Waals surface area (Å²) in [6, 6.07) is 4.66. The zero-order valence-electron chi connectivity index (χ0n) is 9.90. The van der Waals surface area contributed by atoms with Crippen LogP contribution < -0.4 is 5.32 Å². The molecule has 0 aliphatic heterocycles. The summed E-state index contributed by atoms with van der Waals surface area (Å²) in [6.07, 6.45) is 2.07. The van der Waals surface area contributed by atoms with Gasteiger partial charge < -0.3 is 5.32 Å². The molecule has 16 heavy (non-hydrogen) atoms. The standard InChI is InChI=1S/C12H17N3S/c1-9-11(8-15(3)14-9)7-13-10(2)12-5-4-6-16-12/h4-6,8,10,13H,7H2,1-3H3/t10-/m1/s1. The van der Waals surface area contributed by atoms with E-state index in [-0.39, 0.29) is 0 Å². The van der Waals surface area contributed by atoms with Crippen LogP contribution in [0, 0.1) is 6.92 Å². The summed E-state index contributed by atoms with van der Waals surface area (Å²) < 4.78 is 1.86. The summed E-state index contributed by atoms with van der Waals surface area (Å²) >= 11 is 1.79. The molecule has 2 aromatic rings. The molecular weight excluding hydrogens is 218 g/mol. The highest BCUT2D eigenvalue weighted by Gasteiger charge is 2.07. The molecule has 0 bridgehead atoms. The van der Waals surface area contributed by atoms with Gasteiger partial charge in [0.25, 0.3) is 0 Å². The van der Waals surface area contributed by atoms with Gasteiger partial charge in [-0.05, 0) is 25.3 Å². The van der Waals surface area contributed by atoms with E-state index in [0.717, 1.165) is 12.2 Å². The lowest BCUT2D eigenvalue weighted by atomic mass is 10.2. The number of aryl methyl sites for hydroxylation is 2. The van der Waals surface area contributed by atoms with Crippen molar-refractivity contribution in [2.45, 2.75) is 26.4 Å². The van der Waals surface area contributed by atoms with Gasteiger partial charge in [0.05, 0.1) is 5.69 Å². The lowest BCUT2D eigenvalue weighted by molar-refractivity contribution is 0.581. The zero-order valence-corrected chi connectivity index (χ0v) is 10.7. The van der Waals surface area contributed by atoms with E-state index in [1.165, 1.54) is 10.4 Å². The molecule has 0 fully saturated rings. The minimum Gasteiger partial charge on any atom is -0.305 e. The van der Waals surface area contributed by atoms with E-state index in [1.54, 1.807) is 11.3 Å². The van der Waals surface area contributed by atoms with E-state index in [9.17, 15) is 0 Å². The third-order valence-corrected chi connectivity index (χ3v) is 3.74. The van der Waals surface area contributed by atoms with Crippen LogP contribution in [-0.2, 0) is 13.6 Å². The van der Waals surface area contributed by atoms with Crippen LogP contribution in [0.3, 0.4) is 0 Å². The molecule has 0 amide bonds. The largest absolute Gasteiger partial charge is 0.305 e. The van der Waals surface area contributed by atoms with Gasteiger partial charge >= 0.3 is 0 Å². The van der Waals surface area contributed by atoms with Crippen LogP contribution >= 0.6 is 11.3 Å². The van der Waals surface area contributed by atoms with Gasteiger partial charge in [-0.25, -0.2) is 0 Å². The van der Waals surface area contributed by atoms with Gasteiger partial charge in [0.1, 0.15) is 0 Å². The Labute approximate surface area is 100 Å². The van der Waals surface area contributed by atoms with Gasteiger partial charge in [-0.3, -0.25) is 4.68 Å². The van der Waals surface area contributed by atoms with Crippen molar-refractivity contribution in [1.29, 1.82) is 0 Å². The Kier molecular flexibility index (Phi) is 3.41. The van der Waals surface area contributed by atoms with Gasteiger partial charge in [0.2, 0.25) is 0 Å². The fourth-order valence-corrected chi connectivity index (χ4v) is 2.48. The number of nitrogens with zero attached hydrogens (tertiary/aromatic N) is 2. The molecule has 0 saturated carbocycles. The molecule has 0 radical (unpaired) electrons. The normalized spacial score (nSPS) is 12.9. The molecular formula is C12H17N3S. The second-order valence-corrected chi connectivity index (χ2v) is 5.01. The van der Waals surface area contributed by atoms with E-state index < -0.39 is 0 Å². The first-order valence-corrected chi connectivity index (χ1v) is 6.30. The lowest BCUT2D eigenvalue weighted by Crippen LogP contribution is -2.17. The zero-order chi connectivity index (χ0) is 11.5. The first-order valence-electron chi connectivity index (χ1n) is 5.42. The van der Waals surface area contributed by atoms with Gasteiger partial charge in [0, 0.05) is 36.3 Å². The number of rotatable bonds is 4. The van der Waals surface area contributed by atoms with Crippen molar-refractivity contribution in [3.8, 4) is 0 Å². The Morgan fingerprint density at radius 2 is 2.38 bits per heavy atom. The van der Waals surface area contributed by atoms with Crippen LogP contribution in [0.2, 0.25) is 0 Å². The monoisotopic (exact) mass is 235 g/mol. The highest BCUT2D eigenvalue weighted by atomic mass is 32.1. The molecule has 0 unspecified atom stereocenters. The van der Waals surface area contributed by atoms with E-state index in [1.807, 2.05) is 18.7 Å². The minimum atomic E-state index is 0.402. The Morgan fingerprint density at radius 1 is 1.56 bits per heavy atom. The highest BCUT2D eigenvalue weighted by molar-refractivity contribution is 7.10. The van der Waals surface area contributed by atoms with Crippen LogP contribution in [0.25, 0.3) is 0 Å². The summed E-state index contributed by atoms with van der Waals surface area (Å²) in [7, 11) is 1.96. The molecule has 1 atom stereocenters. The van der Waals surface area contributed by atoms with Crippen LogP contribution in [-0.4, -0.2) is 9.78 Å². The number of hydrogen-bond acceptors (Lipinski definition) is 3. The first-order chi connectivity index (χ1) is 7.66. The molecule has 0 spiro atoms. The Hall–Kier alpha value is -1.13. The molecule has 1 N–H and O–H groups in total. The van der Waals surface area contributed by atoms with Gasteiger partial charge in [0.15, 0.2) is 0 Å². The summed E-state index contributed by atoms with van der Waals surface area (Å²) in [4.78, 5) is 1.38. The van der Waals surface area contributed by atoms with Crippen molar-refractivity contribution >= 4 is 11.3 Å². The van der Waals surface area contributed by atoms with Crippen molar-refractivity contribution < 1.29 is 0 Å². The van der Waals surface area contributed by atoms with Crippen molar-refractivity contribution in [2.24, 2.45) is 7.05 Å². The summed E-state index contributed by atoms with van der Waals surface area (Å²) in [5.74, 6) is 0. The average molecular weight is 235 g/mol. The molecule has 0 aliphatic carbocycles. The van der Waals surface area contributed by atoms with Gasteiger partial charge in [-0.2, -0.15) is 5.10 Å². The molecule has 2 rings (SSSR count). The van der Waals surface area contributed by atoms with Crippen LogP contribution in [0.15, 0.2) is 23.7 Å². The highest BCUT2D eigenvalue weighted by Crippen LogP contribution is 2.18. The van der Waals surface area contributed by atoms with Crippen molar-refractivity contribution in [1.82, 2.24) is 15.1 Å². The maximum atomic E-state index is 4.33. The Morgan fingerprint density at radius 3 is 2.94 bits per heavy atom. The molecule has 2 aromatic heterocycles. The quantitative estimate of drug-likeness (QED) is 0.883. The topological polar surface area (TPSA) is 29.9 Å². The predicted molar refractivity (Wildman–Crippen MR) is 67.5 cm³/mol. The Bertz CT molecular complexity index is 445. The van der Waals surface area contributed by atoms with Crippen LogP contribution in [0.5, 0.6) is 0 Å². The van der Waals surface area contributed by atoms with Gasteiger partial charge in [-0.15, -0.1) is 11.3 Å². The number of hydrogen-bond donors (Lipinski definition) is 1. The molecule has 0 aliphatic rings. The van der Waals surface area contributed by atoms with Gasteiger partial charge in [-0.1, -0.05) is 6.07 Å². The Balaban J connectivity index is 1.95. The third kappa shape index (κ3) is 2.51. The lowest BCUT2D eigenvalue weighted by Gasteiger charge is -2.11.